The molecule has 1 aliphatic rings. The van der Waals surface area contributed by atoms with Crippen molar-refractivity contribution in [1.82, 2.24) is 4.98 Å². The zero-order valence-electron chi connectivity index (χ0n) is 11.5. The first kappa shape index (κ1) is 14.5. The lowest BCUT2D eigenvalue weighted by molar-refractivity contribution is -0.138. The Morgan fingerprint density at radius 3 is 3.10 bits per heavy atom. The topological polar surface area (TPSA) is 62.2 Å². The molecule has 0 saturated heterocycles. The number of aliphatic carboxylic acids is 1. The predicted molar refractivity (Wildman–Crippen MR) is 87.0 cm³/mol. The van der Waals surface area contributed by atoms with Gasteiger partial charge in [-0.3, -0.25) is 4.79 Å². The van der Waals surface area contributed by atoms with Crippen LogP contribution in [0.3, 0.4) is 0 Å². The molecule has 0 spiro atoms. The lowest BCUT2D eigenvalue weighted by Gasteiger charge is -2.13. The second-order valence-electron chi connectivity index (χ2n) is 5.18. The van der Waals surface area contributed by atoms with E-state index in [1.807, 2.05) is 12.1 Å². The van der Waals surface area contributed by atoms with Crippen molar-refractivity contribution in [2.45, 2.75) is 31.7 Å². The zero-order valence-corrected chi connectivity index (χ0v) is 13.9. The number of rotatable bonds is 4. The molecule has 6 heteroatoms. The van der Waals surface area contributed by atoms with Crippen molar-refractivity contribution in [1.29, 1.82) is 0 Å². The summed E-state index contributed by atoms with van der Waals surface area (Å²) in [5, 5.41) is 13.4. The summed E-state index contributed by atoms with van der Waals surface area (Å²) in [6.45, 7) is 2.07. The number of anilines is 1. The molecule has 2 aromatic rings. The fourth-order valence-corrected chi connectivity index (χ4v) is 4.12. The van der Waals surface area contributed by atoms with E-state index >= 15 is 0 Å². The standard InChI is InChI=1S/C15H15BrN2O2S/c1-8(9-3-2-4-10(16)7-9)17-15-18-13-11(14(19)20)5-6-12(13)21-15/h2-4,7-8,11H,5-6H2,1H3,(H,17,18)(H,19,20). The first-order chi connectivity index (χ1) is 10.0. The van der Waals surface area contributed by atoms with Gasteiger partial charge in [0.05, 0.1) is 11.7 Å². The number of fused-ring (bicyclic) bond motifs is 1. The molecule has 1 aromatic heterocycles. The normalized spacial score (nSPS) is 18.3. The maximum absolute atomic E-state index is 11.2. The molecule has 110 valence electrons. The summed E-state index contributed by atoms with van der Waals surface area (Å²) in [4.78, 5) is 16.8. The van der Waals surface area contributed by atoms with Gasteiger partial charge < -0.3 is 10.4 Å². The van der Waals surface area contributed by atoms with Crippen molar-refractivity contribution in [2.75, 3.05) is 5.32 Å². The third-order valence-corrected chi connectivity index (χ3v) is 5.26. The molecule has 4 nitrogen and oxygen atoms in total. The first-order valence-electron chi connectivity index (χ1n) is 6.79. The average Bonchev–Trinajstić information content (AvgIpc) is 2.97. The molecule has 0 radical (unpaired) electrons. The highest BCUT2D eigenvalue weighted by Gasteiger charge is 2.32. The van der Waals surface area contributed by atoms with Gasteiger partial charge in [-0.15, -0.1) is 11.3 Å². The Bertz CT molecular complexity index is 686. The zero-order chi connectivity index (χ0) is 15.0. The number of nitrogens with one attached hydrogen (secondary N) is 1. The van der Waals surface area contributed by atoms with Crippen molar-refractivity contribution < 1.29 is 9.90 Å². The third-order valence-electron chi connectivity index (χ3n) is 3.70. The number of carbonyl (C=O) groups is 1. The molecule has 1 aliphatic carbocycles. The summed E-state index contributed by atoms with van der Waals surface area (Å²) >= 11 is 5.04. The molecule has 0 fully saturated rings. The smallest absolute Gasteiger partial charge is 0.312 e. The van der Waals surface area contributed by atoms with Gasteiger partial charge in [-0.05, 0) is 37.5 Å². The Morgan fingerprint density at radius 2 is 2.38 bits per heavy atom. The maximum Gasteiger partial charge on any atom is 0.312 e. The largest absolute Gasteiger partial charge is 0.481 e. The molecule has 2 unspecified atom stereocenters. The molecule has 2 atom stereocenters. The molecule has 0 amide bonds. The van der Waals surface area contributed by atoms with Crippen LogP contribution >= 0.6 is 27.3 Å². The lowest BCUT2D eigenvalue weighted by atomic mass is 10.1. The van der Waals surface area contributed by atoms with E-state index in [-0.39, 0.29) is 6.04 Å². The quantitative estimate of drug-likeness (QED) is 0.851. The van der Waals surface area contributed by atoms with Crippen LogP contribution in [0, 0.1) is 0 Å². The Kier molecular flexibility index (Phi) is 3.99. The van der Waals surface area contributed by atoms with Gasteiger partial charge in [-0.2, -0.15) is 0 Å². The average molecular weight is 367 g/mol. The third kappa shape index (κ3) is 2.96. The summed E-state index contributed by atoms with van der Waals surface area (Å²) in [6, 6.07) is 8.24. The Hall–Kier alpha value is -1.40. The molecule has 0 bridgehead atoms. The van der Waals surface area contributed by atoms with E-state index in [4.69, 9.17) is 0 Å². The van der Waals surface area contributed by atoms with E-state index in [1.54, 1.807) is 11.3 Å². The second kappa shape index (κ2) is 5.77. The maximum atomic E-state index is 11.2. The predicted octanol–water partition coefficient (Wildman–Crippen LogP) is 4.19. The van der Waals surface area contributed by atoms with Crippen molar-refractivity contribution >= 4 is 38.4 Å². The van der Waals surface area contributed by atoms with E-state index in [1.165, 1.54) is 0 Å². The minimum atomic E-state index is -0.773. The fourth-order valence-electron chi connectivity index (χ4n) is 2.57. The molecule has 1 aromatic carbocycles. The van der Waals surface area contributed by atoms with E-state index in [0.29, 0.717) is 6.42 Å². The van der Waals surface area contributed by atoms with Crippen molar-refractivity contribution in [3.05, 3.63) is 44.9 Å². The van der Waals surface area contributed by atoms with E-state index in [9.17, 15) is 9.90 Å². The fraction of sp³-hybridized carbons (Fsp3) is 0.333. The van der Waals surface area contributed by atoms with E-state index in [2.05, 4.69) is 45.3 Å². The minimum absolute atomic E-state index is 0.122. The minimum Gasteiger partial charge on any atom is -0.481 e. The highest BCUT2D eigenvalue weighted by atomic mass is 79.9. The molecule has 1 heterocycles. The molecule has 0 aliphatic heterocycles. The van der Waals surface area contributed by atoms with Gasteiger partial charge in [0.25, 0.3) is 0 Å². The summed E-state index contributed by atoms with van der Waals surface area (Å²) in [6.07, 6.45) is 1.49. The van der Waals surface area contributed by atoms with Crippen molar-refractivity contribution in [3.8, 4) is 0 Å². The van der Waals surface area contributed by atoms with Crippen molar-refractivity contribution in [2.24, 2.45) is 0 Å². The van der Waals surface area contributed by atoms with Crippen LogP contribution in [-0.4, -0.2) is 16.1 Å². The number of benzene rings is 1. The summed E-state index contributed by atoms with van der Waals surface area (Å²) in [5.41, 5.74) is 1.91. The van der Waals surface area contributed by atoms with Gasteiger partial charge in [0.1, 0.15) is 5.92 Å². The number of hydrogen-bond donors (Lipinski definition) is 2. The highest BCUT2D eigenvalue weighted by molar-refractivity contribution is 9.10. The number of hydrogen-bond acceptors (Lipinski definition) is 4. The molecule has 3 rings (SSSR count). The Labute approximate surface area is 135 Å². The molecule has 0 saturated carbocycles. The van der Waals surface area contributed by atoms with Crippen LogP contribution < -0.4 is 5.32 Å². The van der Waals surface area contributed by atoms with Crippen LogP contribution in [0.2, 0.25) is 0 Å². The van der Waals surface area contributed by atoms with E-state index in [0.717, 1.165) is 32.2 Å². The molecule has 2 N–H and O–H groups in total. The summed E-state index contributed by atoms with van der Waals surface area (Å²) in [5.74, 6) is -1.21. The highest BCUT2D eigenvalue weighted by Crippen LogP contribution is 2.39. The van der Waals surface area contributed by atoms with Crippen LogP contribution in [0.15, 0.2) is 28.7 Å². The monoisotopic (exact) mass is 366 g/mol. The molecule has 21 heavy (non-hydrogen) atoms. The SMILES string of the molecule is CC(Nc1nc2c(s1)CCC2C(=O)O)c1cccc(Br)c1. The van der Waals surface area contributed by atoms with Crippen LogP contribution in [0.5, 0.6) is 0 Å². The number of thiazole rings is 1. The van der Waals surface area contributed by atoms with Crippen LogP contribution in [0.4, 0.5) is 5.13 Å². The van der Waals surface area contributed by atoms with Gasteiger partial charge in [0.15, 0.2) is 5.13 Å². The van der Waals surface area contributed by atoms with Crippen LogP contribution in [0.1, 0.15) is 41.4 Å². The number of aryl methyl sites for hydroxylation is 1. The molecular weight excluding hydrogens is 352 g/mol. The number of carboxylic acids is 1. The van der Waals surface area contributed by atoms with Crippen LogP contribution in [0.25, 0.3) is 0 Å². The number of halogens is 1. The summed E-state index contributed by atoms with van der Waals surface area (Å²) in [7, 11) is 0. The van der Waals surface area contributed by atoms with Gasteiger partial charge in [0, 0.05) is 9.35 Å². The summed E-state index contributed by atoms with van der Waals surface area (Å²) < 4.78 is 1.04. The van der Waals surface area contributed by atoms with Gasteiger partial charge in [0.2, 0.25) is 0 Å². The first-order valence-corrected chi connectivity index (χ1v) is 8.40. The molecular formula is C15H15BrN2O2S. The second-order valence-corrected chi connectivity index (χ2v) is 7.18. The van der Waals surface area contributed by atoms with Gasteiger partial charge in [-0.1, -0.05) is 28.1 Å². The number of aromatic nitrogens is 1. The van der Waals surface area contributed by atoms with Crippen molar-refractivity contribution in [3.63, 3.8) is 0 Å². The Balaban J connectivity index is 1.77. The van der Waals surface area contributed by atoms with Gasteiger partial charge in [-0.25, -0.2) is 4.98 Å². The lowest BCUT2D eigenvalue weighted by Crippen LogP contribution is -2.10. The van der Waals surface area contributed by atoms with E-state index < -0.39 is 11.9 Å². The van der Waals surface area contributed by atoms with Crippen LogP contribution in [-0.2, 0) is 11.2 Å². The Morgan fingerprint density at radius 1 is 1.57 bits per heavy atom. The van der Waals surface area contributed by atoms with Gasteiger partial charge >= 0.3 is 5.97 Å². The number of nitrogens with zero attached hydrogens (tertiary/aromatic N) is 1. The number of carboxylic acid groups (broad SMARTS) is 1.